The minimum Gasteiger partial charge on any atom is -0.368 e. The topological polar surface area (TPSA) is 114 Å². The highest BCUT2D eigenvalue weighted by molar-refractivity contribution is 5.98. The Bertz CT molecular complexity index is 573. The number of nitrogens with zero attached hydrogens (tertiary/aromatic N) is 3. The molecular weight excluding hydrogens is 310 g/mol. The maximum Gasteiger partial charge on any atom is 0.288 e. The molecule has 1 atom stereocenters. The first-order chi connectivity index (χ1) is 11.3. The van der Waals surface area contributed by atoms with Gasteiger partial charge in [-0.3, -0.25) is 19.8 Å². The summed E-state index contributed by atoms with van der Waals surface area (Å²) in [4.78, 5) is 28.2. The molecule has 0 aliphatic heterocycles. The molecule has 134 valence electrons. The Kier molecular flexibility index (Phi) is 7.57. The summed E-state index contributed by atoms with van der Waals surface area (Å²) in [7, 11) is 0. The molecule has 0 spiro atoms. The van der Waals surface area contributed by atoms with Gasteiger partial charge in [0.25, 0.3) is 11.6 Å². The predicted molar refractivity (Wildman–Crippen MR) is 94.1 cm³/mol. The summed E-state index contributed by atoms with van der Waals surface area (Å²) in [6, 6.07) is 1.43. The van der Waals surface area contributed by atoms with Crippen molar-refractivity contribution in [3.05, 3.63) is 27.9 Å². The first-order valence-corrected chi connectivity index (χ1v) is 8.22. The normalized spacial score (nSPS) is 12.4. The highest BCUT2D eigenvalue weighted by atomic mass is 16.6. The quantitative estimate of drug-likeness (QED) is 0.500. The molecule has 8 nitrogen and oxygen atoms in total. The lowest BCUT2D eigenvalue weighted by atomic mass is 10.0. The van der Waals surface area contributed by atoms with Crippen molar-refractivity contribution in [2.45, 2.75) is 40.2 Å². The molecule has 0 radical (unpaired) electrons. The number of nitrogens with one attached hydrogen (secondary N) is 1. The maximum atomic E-state index is 11.6. The van der Waals surface area contributed by atoms with Crippen LogP contribution in [0, 0.1) is 16.0 Å². The van der Waals surface area contributed by atoms with Crippen molar-refractivity contribution < 1.29 is 9.72 Å². The molecule has 0 aliphatic rings. The largest absolute Gasteiger partial charge is 0.368 e. The molecule has 1 aromatic rings. The van der Waals surface area contributed by atoms with Crippen molar-refractivity contribution in [3.63, 3.8) is 0 Å². The fraction of sp³-hybridized carbons (Fsp3) is 0.625. The van der Waals surface area contributed by atoms with E-state index in [-0.39, 0.29) is 23.1 Å². The van der Waals surface area contributed by atoms with Crippen LogP contribution in [0.3, 0.4) is 0 Å². The Labute approximate surface area is 142 Å². The number of carbonyl (C=O) groups excluding carboxylic acids is 1. The summed E-state index contributed by atoms with van der Waals surface area (Å²) < 4.78 is 0. The van der Waals surface area contributed by atoms with Gasteiger partial charge in [-0.25, -0.2) is 4.98 Å². The van der Waals surface area contributed by atoms with Gasteiger partial charge in [0.2, 0.25) is 0 Å². The number of nitro groups is 1. The van der Waals surface area contributed by atoms with E-state index < -0.39 is 10.8 Å². The molecule has 1 rings (SSSR count). The van der Waals surface area contributed by atoms with Gasteiger partial charge in [0, 0.05) is 18.7 Å². The fourth-order valence-electron chi connectivity index (χ4n) is 2.74. The van der Waals surface area contributed by atoms with Gasteiger partial charge in [0.1, 0.15) is 12.0 Å². The molecule has 1 aromatic heterocycles. The van der Waals surface area contributed by atoms with Crippen molar-refractivity contribution in [1.29, 1.82) is 0 Å². The summed E-state index contributed by atoms with van der Waals surface area (Å²) in [5.74, 6) is 0.0730. The van der Waals surface area contributed by atoms with Crippen LogP contribution >= 0.6 is 0 Å². The van der Waals surface area contributed by atoms with E-state index in [1.807, 2.05) is 0 Å². The molecule has 1 heterocycles. The van der Waals surface area contributed by atoms with Crippen molar-refractivity contribution in [1.82, 2.24) is 9.88 Å². The molecule has 0 aliphatic carbocycles. The highest BCUT2D eigenvalue weighted by Gasteiger charge is 2.20. The van der Waals surface area contributed by atoms with Crippen LogP contribution in [0.1, 0.15) is 44.5 Å². The second kappa shape index (κ2) is 9.17. The molecule has 0 fully saturated rings. The van der Waals surface area contributed by atoms with E-state index in [0.29, 0.717) is 12.5 Å². The van der Waals surface area contributed by atoms with Gasteiger partial charge in [-0.1, -0.05) is 27.7 Å². The molecule has 1 unspecified atom stereocenters. The van der Waals surface area contributed by atoms with Gasteiger partial charge in [0.15, 0.2) is 0 Å². The fourth-order valence-corrected chi connectivity index (χ4v) is 2.74. The first kappa shape index (κ1) is 19.8. The van der Waals surface area contributed by atoms with Crippen LogP contribution in [0.4, 0.5) is 11.5 Å². The van der Waals surface area contributed by atoms with Gasteiger partial charge in [-0.15, -0.1) is 0 Å². The van der Waals surface area contributed by atoms with E-state index in [4.69, 9.17) is 5.73 Å². The number of primary amides is 1. The number of amides is 1. The zero-order valence-corrected chi connectivity index (χ0v) is 14.8. The number of carbonyl (C=O) groups is 1. The summed E-state index contributed by atoms with van der Waals surface area (Å²) in [6.07, 6.45) is 2.12. The van der Waals surface area contributed by atoms with Crippen LogP contribution in [-0.4, -0.2) is 46.4 Å². The molecular formula is C16H27N5O3. The van der Waals surface area contributed by atoms with E-state index in [1.165, 1.54) is 0 Å². The van der Waals surface area contributed by atoms with Gasteiger partial charge < -0.3 is 11.1 Å². The van der Waals surface area contributed by atoms with Crippen LogP contribution in [-0.2, 0) is 0 Å². The Balaban J connectivity index is 2.97. The van der Waals surface area contributed by atoms with E-state index in [2.05, 4.69) is 42.9 Å². The Hall–Kier alpha value is -2.22. The third-order valence-electron chi connectivity index (χ3n) is 3.93. The number of rotatable bonds is 10. The molecule has 0 saturated heterocycles. The number of pyridine rings is 1. The number of hydrogen-bond acceptors (Lipinski definition) is 6. The Morgan fingerprint density at radius 2 is 2.04 bits per heavy atom. The Morgan fingerprint density at radius 3 is 2.50 bits per heavy atom. The molecule has 0 bridgehead atoms. The molecule has 1 amide bonds. The lowest BCUT2D eigenvalue weighted by Gasteiger charge is -2.31. The summed E-state index contributed by atoms with van der Waals surface area (Å²) in [5.41, 5.74) is 5.11. The predicted octanol–water partition coefficient (Wildman–Crippen LogP) is 2.26. The maximum absolute atomic E-state index is 11.6. The van der Waals surface area contributed by atoms with Crippen molar-refractivity contribution >= 4 is 17.4 Å². The lowest BCUT2D eigenvalue weighted by molar-refractivity contribution is -0.385. The third-order valence-corrected chi connectivity index (χ3v) is 3.93. The number of likely N-dealkylation sites (N-methyl/N-ethyl adjacent to an activating group) is 1. The van der Waals surface area contributed by atoms with Crippen molar-refractivity contribution in [2.24, 2.45) is 11.7 Å². The van der Waals surface area contributed by atoms with Gasteiger partial charge in [-0.2, -0.15) is 0 Å². The summed E-state index contributed by atoms with van der Waals surface area (Å²) >= 11 is 0. The molecule has 24 heavy (non-hydrogen) atoms. The second-order valence-electron chi connectivity index (χ2n) is 6.10. The molecule has 0 saturated carbocycles. The first-order valence-electron chi connectivity index (χ1n) is 8.22. The lowest BCUT2D eigenvalue weighted by Crippen LogP contribution is -2.41. The third kappa shape index (κ3) is 5.45. The van der Waals surface area contributed by atoms with Gasteiger partial charge >= 0.3 is 0 Å². The van der Waals surface area contributed by atoms with Crippen LogP contribution in [0.5, 0.6) is 0 Å². The molecule has 3 N–H and O–H groups in total. The summed E-state index contributed by atoms with van der Waals surface area (Å²) in [6.45, 7) is 11.0. The van der Waals surface area contributed by atoms with Crippen molar-refractivity contribution in [2.75, 3.05) is 25.0 Å². The van der Waals surface area contributed by atoms with E-state index >= 15 is 0 Å². The van der Waals surface area contributed by atoms with Gasteiger partial charge in [-0.05, 0) is 25.4 Å². The van der Waals surface area contributed by atoms with Crippen LogP contribution in [0.2, 0.25) is 0 Å². The van der Waals surface area contributed by atoms with E-state index in [9.17, 15) is 14.9 Å². The monoisotopic (exact) mass is 337 g/mol. The molecule has 8 heteroatoms. The smallest absolute Gasteiger partial charge is 0.288 e. The average Bonchev–Trinajstić information content (AvgIpc) is 2.52. The molecule has 0 aromatic carbocycles. The second-order valence-corrected chi connectivity index (χ2v) is 6.10. The zero-order chi connectivity index (χ0) is 18.3. The number of hydrogen-bond donors (Lipinski definition) is 2. The van der Waals surface area contributed by atoms with Crippen LogP contribution < -0.4 is 11.1 Å². The number of aromatic nitrogens is 1. The number of nitrogens with two attached hydrogens (primary N) is 1. The Morgan fingerprint density at radius 1 is 1.42 bits per heavy atom. The zero-order valence-electron chi connectivity index (χ0n) is 14.8. The average molecular weight is 337 g/mol. The van der Waals surface area contributed by atoms with Gasteiger partial charge in [0.05, 0.1) is 10.5 Å². The van der Waals surface area contributed by atoms with E-state index in [0.717, 1.165) is 31.8 Å². The van der Waals surface area contributed by atoms with Crippen LogP contribution in [0.15, 0.2) is 12.3 Å². The SMILES string of the molecule is CCN(CC)C(CNc1ncc([N+](=O)[O-])cc1C(N)=O)CC(C)C. The summed E-state index contributed by atoms with van der Waals surface area (Å²) in [5, 5.41) is 14.0. The minimum absolute atomic E-state index is 0.0343. The minimum atomic E-state index is -0.739. The highest BCUT2D eigenvalue weighted by Crippen LogP contribution is 2.20. The standard InChI is InChI=1S/C16H27N5O3/c1-5-20(6-2)12(7-11(3)4)9-18-16-14(15(17)22)8-13(10-19-16)21(23)24/h8,10-12H,5-7,9H2,1-4H3,(H2,17,22)(H,18,19). The number of anilines is 1. The van der Waals surface area contributed by atoms with Crippen molar-refractivity contribution in [3.8, 4) is 0 Å². The van der Waals surface area contributed by atoms with E-state index in [1.54, 1.807) is 0 Å². The van der Waals surface area contributed by atoms with Crippen LogP contribution in [0.25, 0.3) is 0 Å².